The van der Waals surface area contributed by atoms with Crippen molar-refractivity contribution in [2.45, 2.75) is 44.0 Å². The van der Waals surface area contributed by atoms with Gasteiger partial charge in [-0.15, -0.1) is 0 Å². The molecule has 42 heavy (non-hydrogen) atoms. The predicted octanol–water partition coefficient (Wildman–Crippen LogP) is 5.00. The topological polar surface area (TPSA) is 120 Å². The van der Waals surface area contributed by atoms with E-state index in [2.05, 4.69) is 16.0 Å². The lowest BCUT2D eigenvalue weighted by Crippen LogP contribution is -2.45. The Bertz CT molecular complexity index is 1680. The monoisotopic (exact) mass is 566 g/mol. The van der Waals surface area contributed by atoms with E-state index in [1.807, 2.05) is 23.1 Å². The van der Waals surface area contributed by atoms with Crippen LogP contribution in [-0.2, 0) is 9.47 Å². The quantitative estimate of drug-likeness (QED) is 0.318. The lowest BCUT2D eigenvalue weighted by molar-refractivity contribution is -0.0303. The average molecular weight is 567 g/mol. The van der Waals surface area contributed by atoms with Gasteiger partial charge in [0.15, 0.2) is 5.58 Å². The van der Waals surface area contributed by atoms with Crippen LogP contribution in [0.5, 0.6) is 11.6 Å². The van der Waals surface area contributed by atoms with E-state index >= 15 is 0 Å². The minimum absolute atomic E-state index is 0.0240. The van der Waals surface area contributed by atoms with Gasteiger partial charge in [0.05, 0.1) is 49.2 Å². The van der Waals surface area contributed by atoms with Gasteiger partial charge >= 0.3 is 0 Å². The minimum Gasteiger partial charge on any atom is -0.489 e. The third kappa shape index (κ3) is 4.85. The third-order valence-electron chi connectivity index (χ3n) is 8.20. The Labute approximate surface area is 242 Å². The number of likely N-dealkylation sites (tertiary alicyclic amines) is 1. The van der Waals surface area contributed by atoms with Crippen molar-refractivity contribution in [1.82, 2.24) is 14.9 Å². The summed E-state index contributed by atoms with van der Waals surface area (Å²) >= 11 is 0. The van der Waals surface area contributed by atoms with Crippen molar-refractivity contribution < 1.29 is 28.2 Å². The number of amides is 1. The molecule has 3 fully saturated rings. The fraction of sp³-hybridized carbons (Fsp3) is 0.375. The van der Waals surface area contributed by atoms with Crippen LogP contribution in [0.15, 0.2) is 53.2 Å². The summed E-state index contributed by atoms with van der Waals surface area (Å²) < 4.78 is 29.5. The van der Waals surface area contributed by atoms with Crippen molar-refractivity contribution in [2.75, 3.05) is 33.4 Å². The fourth-order valence-electron chi connectivity index (χ4n) is 6.11. The number of aromatic nitrogens is 2. The second-order valence-corrected chi connectivity index (χ2v) is 10.8. The minimum atomic E-state index is -0.113. The molecule has 3 aliphatic rings. The molecule has 2 unspecified atom stereocenters. The molecule has 0 aliphatic carbocycles. The van der Waals surface area contributed by atoms with Crippen LogP contribution < -0.4 is 9.47 Å². The Balaban J connectivity index is 1.25. The number of rotatable bonds is 6. The van der Waals surface area contributed by atoms with Crippen molar-refractivity contribution in [2.24, 2.45) is 0 Å². The summed E-state index contributed by atoms with van der Waals surface area (Å²) in [6, 6.07) is 13.2. The van der Waals surface area contributed by atoms with Crippen molar-refractivity contribution in [3.8, 4) is 40.1 Å². The molecule has 2 atom stereocenters. The van der Waals surface area contributed by atoms with E-state index in [1.54, 1.807) is 30.6 Å². The van der Waals surface area contributed by atoms with E-state index in [9.17, 15) is 10.1 Å². The Kier molecular flexibility index (Phi) is 6.98. The molecule has 0 N–H and O–H groups in total. The lowest BCUT2D eigenvalue weighted by Gasteiger charge is -2.32. The molecule has 10 nitrogen and oxygen atoms in total. The van der Waals surface area contributed by atoms with E-state index in [4.69, 9.17) is 23.4 Å². The number of pyridine rings is 2. The van der Waals surface area contributed by atoms with Gasteiger partial charge in [0.2, 0.25) is 5.88 Å². The number of ether oxygens (including phenoxy) is 4. The molecule has 10 heteroatoms. The number of carbonyl (C=O) groups excluding carboxylic acids is 1. The number of nitriles is 1. The maximum atomic E-state index is 13.8. The zero-order valence-electron chi connectivity index (χ0n) is 23.2. The second-order valence-electron chi connectivity index (χ2n) is 10.8. The van der Waals surface area contributed by atoms with Crippen LogP contribution in [0, 0.1) is 11.3 Å². The van der Waals surface area contributed by atoms with Crippen LogP contribution in [0.3, 0.4) is 0 Å². The Hall–Kier alpha value is -4.46. The number of benzene rings is 1. The van der Waals surface area contributed by atoms with E-state index in [-0.39, 0.29) is 24.2 Å². The van der Waals surface area contributed by atoms with Gasteiger partial charge < -0.3 is 28.3 Å². The van der Waals surface area contributed by atoms with Gasteiger partial charge in [-0.05, 0) is 42.7 Å². The first-order chi connectivity index (χ1) is 20.6. The Morgan fingerprint density at radius 2 is 1.81 bits per heavy atom. The number of carbonyl (C=O) groups is 1. The summed E-state index contributed by atoms with van der Waals surface area (Å²) in [4.78, 5) is 24.6. The highest BCUT2D eigenvalue weighted by atomic mass is 16.5. The second kappa shape index (κ2) is 11.1. The Morgan fingerprint density at radius 3 is 2.57 bits per heavy atom. The van der Waals surface area contributed by atoms with Gasteiger partial charge in [-0.25, -0.2) is 4.98 Å². The van der Waals surface area contributed by atoms with Gasteiger partial charge in [-0.2, -0.15) is 5.26 Å². The molecule has 7 rings (SSSR count). The molecule has 3 aliphatic heterocycles. The summed E-state index contributed by atoms with van der Waals surface area (Å²) in [7, 11) is 1.52. The van der Waals surface area contributed by atoms with Gasteiger partial charge in [-0.1, -0.05) is 6.07 Å². The standard InChI is InChI=1S/C32H30N4O6/c1-38-31-29(25(7-11-35-31)32(37)36-17-22-3-4-23(18-36)40-22)28-15-26-30(42-28)24(6-10-34-26)19-2-5-27(20(14-19)16-33)41-21-8-12-39-13-9-21/h2,5-7,10-11,14-15,21-23H,3-4,8-9,12-13,17-18H2,1H3. The van der Waals surface area contributed by atoms with E-state index < -0.39 is 0 Å². The molecular formula is C32H30N4O6. The van der Waals surface area contributed by atoms with Crippen molar-refractivity contribution in [3.63, 3.8) is 0 Å². The number of fused-ring (bicyclic) bond motifs is 3. The van der Waals surface area contributed by atoms with Gasteiger partial charge in [0.1, 0.15) is 29.2 Å². The van der Waals surface area contributed by atoms with Crippen molar-refractivity contribution >= 4 is 17.0 Å². The van der Waals surface area contributed by atoms with Crippen LogP contribution in [0.1, 0.15) is 41.6 Å². The first-order valence-electron chi connectivity index (χ1n) is 14.3. The van der Waals surface area contributed by atoms with Crippen LogP contribution in [0.25, 0.3) is 33.6 Å². The molecule has 6 heterocycles. The Morgan fingerprint density at radius 1 is 1.02 bits per heavy atom. The number of furan rings is 1. The van der Waals surface area contributed by atoms with Crippen LogP contribution in [0.2, 0.25) is 0 Å². The largest absolute Gasteiger partial charge is 0.489 e. The van der Waals surface area contributed by atoms with Gasteiger partial charge in [-0.3, -0.25) is 9.78 Å². The molecule has 214 valence electrons. The number of methoxy groups -OCH3 is 1. The van der Waals surface area contributed by atoms with Crippen molar-refractivity contribution in [1.29, 1.82) is 5.26 Å². The summed E-state index contributed by atoms with van der Waals surface area (Å²) in [6.07, 6.45) is 6.97. The molecule has 0 spiro atoms. The molecule has 3 saturated heterocycles. The summed E-state index contributed by atoms with van der Waals surface area (Å²) in [6.45, 7) is 2.42. The van der Waals surface area contributed by atoms with E-state index in [1.165, 1.54) is 7.11 Å². The highest BCUT2D eigenvalue weighted by Crippen LogP contribution is 2.40. The number of nitrogens with zero attached hydrogens (tertiary/aromatic N) is 4. The van der Waals surface area contributed by atoms with Gasteiger partial charge in [0, 0.05) is 50.0 Å². The van der Waals surface area contributed by atoms with Crippen LogP contribution in [0.4, 0.5) is 0 Å². The molecule has 2 bridgehead atoms. The molecular weight excluding hydrogens is 536 g/mol. The number of hydrogen-bond acceptors (Lipinski definition) is 9. The third-order valence-corrected chi connectivity index (χ3v) is 8.20. The smallest absolute Gasteiger partial charge is 0.255 e. The molecule has 0 radical (unpaired) electrons. The molecule has 1 aromatic carbocycles. The maximum Gasteiger partial charge on any atom is 0.255 e. The molecule has 0 saturated carbocycles. The number of morpholine rings is 1. The van der Waals surface area contributed by atoms with Gasteiger partial charge in [0.25, 0.3) is 5.91 Å². The highest BCUT2D eigenvalue weighted by molar-refractivity contribution is 6.03. The molecule has 3 aromatic heterocycles. The van der Waals surface area contributed by atoms with E-state index in [0.29, 0.717) is 71.5 Å². The predicted molar refractivity (Wildman–Crippen MR) is 152 cm³/mol. The lowest BCUT2D eigenvalue weighted by atomic mass is 10.0. The van der Waals surface area contributed by atoms with Crippen LogP contribution in [-0.4, -0.2) is 72.5 Å². The SMILES string of the molecule is COc1nccc(C(=O)N2CC3CCC(C2)O3)c1-c1cc2nccc(-c3ccc(OC4CCOCC4)c(C#N)c3)c2o1. The highest BCUT2D eigenvalue weighted by Gasteiger charge is 2.37. The van der Waals surface area contributed by atoms with Crippen molar-refractivity contribution in [3.05, 3.63) is 59.9 Å². The normalized spacial score (nSPS) is 20.4. The molecule has 4 aromatic rings. The first kappa shape index (κ1) is 26.4. The summed E-state index contributed by atoms with van der Waals surface area (Å²) in [5, 5.41) is 9.91. The maximum absolute atomic E-state index is 13.8. The first-order valence-corrected chi connectivity index (χ1v) is 14.3. The van der Waals surface area contributed by atoms with Crippen LogP contribution >= 0.6 is 0 Å². The zero-order chi connectivity index (χ0) is 28.6. The fourth-order valence-corrected chi connectivity index (χ4v) is 6.11. The molecule has 1 amide bonds. The zero-order valence-corrected chi connectivity index (χ0v) is 23.2. The van der Waals surface area contributed by atoms with E-state index in [0.717, 1.165) is 36.8 Å². The average Bonchev–Trinajstić information content (AvgIpc) is 3.62. The summed E-state index contributed by atoms with van der Waals surface area (Å²) in [5.41, 5.74) is 4.06. The number of hydrogen-bond donors (Lipinski definition) is 0. The summed E-state index contributed by atoms with van der Waals surface area (Å²) in [5.74, 6) is 1.16.